The van der Waals surface area contributed by atoms with Gasteiger partial charge in [-0.15, -0.1) is 10.2 Å². The van der Waals surface area contributed by atoms with E-state index in [0.29, 0.717) is 17.7 Å². The molecule has 1 aliphatic heterocycles. The van der Waals surface area contributed by atoms with Gasteiger partial charge in [-0.3, -0.25) is 4.79 Å². The summed E-state index contributed by atoms with van der Waals surface area (Å²) in [5, 5.41) is 11.1. The van der Waals surface area contributed by atoms with E-state index in [-0.39, 0.29) is 17.3 Å². The van der Waals surface area contributed by atoms with Gasteiger partial charge in [0.1, 0.15) is 0 Å². The Kier molecular flexibility index (Phi) is 5.75. The van der Waals surface area contributed by atoms with Gasteiger partial charge in [0.2, 0.25) is 11.8 Å². The zero-order valence-electron chi connectivity index (χ0n) is 14.7. The minimum Gasteiger partial charge on any atom is -0.411 e. The molecule has 2 aromatic rings. The number of benzene rings is 1. The van der Waals surface area contributed by atoms with Crippen molar-refractivity contribution in [3.63, 3.8) is 0 Å². The molecule has 1 aliphatic rings. The Labute approximate surface area is 151 Å². The molecule has 25 heavy (non-hydrogen) atoms. The Morgan fingerprint density at radius 2 is 2.20 bits per heavy atom. The van der Waals surface area contributed by atoms with E-state index in [1.807, 2.05) is 32.0 Å². The van der Waals surface area contributed by atoms with Gasteiger partial charge in [-0.25, -0.2) is 0 Å². The number of carbonyl (C=O) groups excluding carboxylic acids is 1. The first-order chi connectivity index (χ1) is 12.0. The number of amides is 1. The number of thioether (sulfide) groups is 1. The molecular weight excluding hydrogens is 338 g/mol. The molecule has 2 heterocycles. The van der Waals surface area contributed by atoms with Crippen LogP contribution in [0.3, 0.4) is 0 Å². The lowest BCUT2D eigenvalue weighted by Gasteiger charge is -2.13. The quantitative estimate of drug-likeness (QED) is 0.797. The molecule has 0 aliphatic carbocycles. The third kappa shape index (κ3) is 4.61. The highest BCUT2D eigenvalue weighted by molar-refractivity contribution is 8.00. The van der Waals surface area contributed by atoms with Crippen molar-refractivity contribution in [2.24, 2.45) is 0 Å². The molecule has 7 heteroatoms. The van der Waals surface area contributed by atoms with Crippen molar-refractivity contribution in [3.8, 4) is 11.5 Å². The van der Waals surface area contributed by atoms with Crippen molar-refractivity contribution in [3.05, 3.63) is 29.3 Å². The van der Waals surface area contributed by atoms with Crippen LogP contribution in [0.15, 0.2) is 27.8 Å². The van der Waals surface area contributed by atoms with Crippen LogP contribution in [0, 0.1) is 13.8 Å². The fraction of sp³-hybridized carbons (Fsp3) is 0.500. The predicted molar refractivity (Wildman–Crippen MR) is 96.5 cm³/mol. The van der Waals surface area contributed by atoms with Crippen molar-refractivity contribution in [2.75, 3.05) is 13.2 Å². The van der Waals surface area contributed by atoms with E-state index >= 15 is 0 Å². The average molecular weight is 361 g/mol. The third-order valence-electron chi connectivity index (χ3n) is 4.34. The van der Waals surface area contributed by atoms with Crippen LogP contribution < -0.4 is 5.32 Å². The van der Waals surface area contributed by atoms with E-state index < -0.39 is 0 Å². The van der Waals surface area contributed by atoms with Crippen molar-refractivity contribution in [1.29, 1.82) is 0 Å². The van der Waals surface area contributed by atoms with Crippen LogP contribution in [0.25, 0.3) is 11.5 Å². The molecule has 0 saturated carbocycles. The lowest BCUT2D eigenvalue weighted by molar-refractivity contribution is -0.120. The molecule has 0 spiro atoms. The molecule has 1 N–H and O–H groups in total. The van der Waals surface area contributed by atoms with Gasteiger partial charge in [0.15, 0.2) is 0 Å². The molecule has 2 atom stereocenters. The fourth-order valence-corrected chi connectivity index (χ4v) is 3.32. The van der Waals surface area contributed by atoms with Gasteiger partial charge in [-0.1, -0.05) is 17.8 Å². The maximum atomic E-state index is 12.2. The van der Waals surface area contributed by atoms with Crippen molar-refractivity contribution in [2.45, 2.75) is 50.2 Å². The summed E-state index contributed by atoms with van der Waals surface area (Å²) in [6.07, 6.45) is 2.21. The van der Waals surface area contributed by atoms with Gasteiger partial charge in [-0.2, -0.15) is 0 Å². The van der Waals surface area contributed by atoms with Gasteiger partial charge in [-0.05, 0) is 56.9 Å². The highest BCUT2D eigenvalue weighted by atomic mass is 32.2. The van der Waals surface area contributed by atoms with E-state index in [1.54, 1.807) is 0 Å². The summed E-state index contributed by atoms with van der Waals surface area (Å²) in [6, 6.07) is 6.01. The van der Waals surface area contributed by atoms with E-state index in [9.17, 15) is 4.79 Å². The third-order valence-corrected chi connectivity index (χ3v) is 5.27. The van der Waals surface area contributed by atoms with Gasteiger partial charge in [0, 0.05) is 18.7 Å². The first-order valence-electron chi connectivity index (χ1n) is 8.50. The highest BCUT2D eigenvalue weighted by Crippen LogP contribution is 2.27. The summed E-state index contributed by atoms with van der Waals surface area (Å²) >= 11 is 1.26. The molecule has 1 fully saturated rings. The Bertz CT molecular complexity index is 741. The molecule has 1 aromatic heterocycles. The van der Waals surface area contributed by atoms with Gasteiger partial charge < -0.3 is 14.5 Å². The zero-order valence-corrected chi connectivity index (χ0v) is 15.6. The number of carbonyl (C=O) groups is 1. The van der Waals surface area contributed by atoms with Crippen LogP contribution >= 0.6 is 11.8 Å². The summed E-state index contributed by atoms with van der Waals surface area (Å²) in [5.74, 6) is 0.420. The van der Waals surface area contributed by atoms with Gasteiger partial charge in [0.05, 0.1) is 11.4 Å². The molecule has 134 valence electrons. The van der Waals surface area contributed by atoms with Crippen LogP contribution in [0.4, 0.5) is 0 Å². The summed E-state index contributed by atoms with van der Waals surface area (Å²) in [5.41, 5.74) is 3.28. The number of nitrogens with one attached hydrogen (secondary N) is 1. The molecule has 0 radical (unpaired) electrons. The number of hydrogen-bond donors (Lipinski definition) is 1. The Hall–Kier alpha value is -1.86. The van der Waals surface area contributed by atoms with Gasteiger partial charge in [0.25, 0.3) is 5.22 Å². The second-order valence-electron chi connectivity index (χ2n) is 6.31. The second kappa shape index (κ2) is 8.01. The average Bonchev–Trinajstić information content (AvgIpc) is 3.27. The number of rotatable bonds is 6. The van der Waals surface area contributed by atoms with Crippen molar-refractivity contribution >= 4 is 17.7 Å². The van der Waals surface area contributed by atoms with E-state index in [2.05, 4.69) is 22.4 Å². The van der Waals surface area contributed by atoms with Crippen molar-refractivity contribution in [1.82, 2.24) is 15.5 Å². The summed E-state index contributed by atoms with van der Waals surface area (Å²) in [6.45, 7) is 7.28. The molecule has 6 nitrogen and oxygen atoms in total. The number of aromatic nitrogens is 2. The summed E-state index contributed by atoms with van der Waals surface area (Å²) in [4.78, 5) is 12.2. The lowest BCUT2D eigenvalue weighted by Crippen LogP contribution is -2.36. The zero-order chi connectivity index (χ0) is 17.8. The molecule has 1 amide bonds. The normalized spacial score (nSPS) is 18.3. The summed E-state index contributed by atoms with van der Waals surface area (Å²) < 4.78 is 11.2. The fourth-order valence-electron chi connectivity index (χ4n) is 2.62. The summed E-state index contributed by atoms with van der Waals surface area (Å²) in [7, 11) is 0. The first-order valence-corrected chi connectivity index (χ1v) is 9.38. The van der Waals surface area contributed by atoms with Crippen LogP contribution in [0.1, 0.15) is 30.9 Å². The maximum absolute atomic E-state index is 12.2. The standard InChI is InChI=1S/C18H23N3O3S/c1-11-6-7-14(9-12(11)2)17-20-21-18(24-17)25-13(3)16(22)19-10-15-5-4-8-23-15/h6-7,9,13,15H,4-5,8,10H2,1-3H3,(H,19,22)/t13-,15+/m0/s1. The molecule has 0 unspecified atom stereocenters. The van der Waals surface area contributed by atoms with E-state index in [0.717, 1.165) is 25.0 Å². The van der Waals surface area contributed by atoms with Gasteiger partial charge >= 0.3 is 0 Å². The maximum Gasteiger partial charge on any atom is 0.277 e. The van der Waals surface area contributed by atoms with Crippen LogP contribution in [-0.4, -0.2) is 40.6 Å². The van der Waals surface area contributed by atoms with Crippen LogP contribution in [-0.2, 0) is 9.53 Å². The smallest absolute Gasteiger partial charge is 0.277 e. The predicted octanol–water partition coefficient (Wildman–Crippen LogP) is 3.13. The molecule has 1 aromatic carbocycles. The monoisotopic (exact) mass is 361 g/mol. The molecular formula is C18H23N3O3S. The SMILES string of the molecule is Cc1ccc(-c2nnc(S[C@@H](C)C(=O)NC[C@H]3CCCO3)o2)cc1C. The lowest BCUT2D eigenvalue weighted by atomic mass is 10.1. The Balaban J connectivity index is 1.56. The second-order valence-corrected chi connectivity index (χ2v) is 7.60. The number of hydrogen-bond acceptors (Lipinski definition) is 6. The van der Waals surface area contributed by atoms with Crippen molar-refractivity contribution < 1.29 is 13.9 Å². The first kappa shape index (κ1) is 17.9. The molecule has 3 rings (SSSR count). The van der Waals surface area contributed by atoms with Crippen LogP contribution in [0.5, 0.6) is 0 Å². The minimum atomic E-state index is -0.311. The van der Waals surface area contributed by atoms with E-state index in [1.165, 1.54) is 22.9 Å². The highest BCUT2D eigenvalue weighted by Gasteiger charge is 2.21. The number of nitrogens with zero attached hydrogens (tertiary/aromatic N) is 2. The number of ether oxygens (including phenoxy) is 1. The minimum absolute atomic E-state index is 0.0496. The Morgan fingerprint density at radius 3 is 2.92 bits per heavy atom. The topological polar surface area (TPSA) is 77.2 Å². The van der Waals surface area contributed by atoms with E-state index in [4.69, 9.17) is 9.15 Å². The Morgan fingerprint density at radius 1 is 1.36 bits per heavy atom. The van der Waals surface area contributed by atoms with Crippen LogP contribution in [0.2, 0.25) is 0 Å². The largest absolute Gasteiger partial charge is 0.411 e. The molecule has 0 bridgehead atoms. The number of aryl methyl sites for hydroxylation is 2. The molecule has 1 saturated heterocycles.